The number of hydrogen-bond donors (Lipinski definition) is 1. The van der Waals surface area contributed by atoms with E-state index in [1.54, 1.807) is 0 Å². The third kappa shape index (κ3) is 2.16. The SMILES string of the molecule is CC(=O)O[C@@H]1C(=O)O[C@H]2[C@@H]1OC(O)[C@@H]2OC(C)=O. The first-order valence-corrected chi connectivity index (χ1v) is 5.28. The Hall–Kier alpha value is -1.67. The van der Waals surface area contributed by atoms with E-state index >= 15 is 0 Å². The van der Waals surface area contributed by atoms with Crippen molar-refractivity contribution in [2.24, 2.45) is 0 Å². The van der Waals surface area contributed by atoms with Crippen LogP contribution in [0, 0.1) is 0 Å². The van der Waals surface area contributed by atoms with Crippen LogP contribution in [0.25, 0.3) is 0 Å². The van der Waals surface area contributed by atoms with Crippen molar-refractivity contribution in [2.45, 2.75) is 44.6 Å². The van der Waals surface area contributed by atoms with Crippen LogP contribution in [0.15, 0.2) is 0 Å². The Balaban J connectivity index is 2.13. The summed E-state index contributed by atoms with van der Waals surface area (Å²) >= 11 is 0. The number of hydrogen-bond acceptors (Lipinski definition) is 8. The summed E-state index contributed by atoms with van der Waals surface area (Å²) in [6, 6.07) is 0. The number of fused-ring (bicyclic) bond motifs is 1. The Morgan fingerprint density at radius 2 is 1.78 bits per heavy atom. The summed E-state index contributed by atoms with van der Waals surface area (Å²) in [5.74, 6) is -2.11. The molecule has 2 heterocycles. The van der Waals surface area contributed by atoms with Gasteiger partial charge in [-0.15, -0.1) is 0 Å². The van der Waals surface area contributed by atoms with Crippen LogP contribution in [0.5, 0.6) is 0 Å². The van der Waals surface area contributed by atoms with Gasteiger partial charge in [0.2, 0.25) is 6.10 Å². The van der Waals surface area contributed by atoms with Gasteiger partial charge in [0, 0.05) is 13.8 Å². The highest BCUT2D eigenvalue weighted by Gasteiger charge is 2.60. The molecule has 0 aliphatic carbocycles. The van der Waals surface area contributed by atoms with Gasteiger partial charge >= 0.3 is 17.9 Å². The standard InChI is InChI=1S/C10H12O8/c1-3(11)15-7-5-6(18-9(7)13)8(10(14)17-5)16-4(2)12/h5-9,13H,1-2H3/t5-,6-,7+,8-,9?/m0/s1. The first kappa shape index (κ1) is 12.8. The van der Waals surface area contributed by atoms with Crippen LogP contribution in [0.2, 0.25) is 0 Å². The van der Waals surface area contributed by atoms with Gasteiger partial charge in [0.15, 0.2) is 18.5 Å². The van der Waals surface area contributed by atoms with E-state index in [1.807, 2.05) is 0 Å². The maximum atomic E-state index is 11.5. The zero-order chi connectivity index (χ0) is 13.4. The summed E-state index contributed by atoms with van der Waals surface area (Å²) in [7, 11) is 0. The van der Waals surface area contributed by atoms with Crippen LogP contribution in [-0.4, -0.2) is 53.7 Å². The minimum Gasteiger partial charge on any atom is -0.453 e. The smallest absolute Gasteiger partial charge is 0.350 e. The molecule has 18 heavy (non-hydrogen) atoms. The van der Waals surface area contributed by atoms with E-state index in [-0.39, 0.29) is 0 Å². The lowest BCUT2D eigenvalue weighted by atomic mass is 10.1. The summed E-state index contributed by atoms with van der Waals surface area (Å²) in [6.45, 7) is 2.29. The number of aliphatic hydroxyl groups excluding tert-OH is 1. The molecule has 2 aliphatic heterocycles. The zero-order valence-electron chi connectivity index (χ0n) is 9.69. The topological polar surface area (TPSA) is 108 Å². The van der Waals surface area contributed by atoms with Crippen LogP contribution in [0.4, 0.5) is 0 Å². The molecule has 0 bridgehead atoms. The maximum absolute atomic E-state index is 11.5. The Bertz CT molecular complexity index is 391. The average Bonchev–Trinajstić information content (AvgIpc) is 2.67. The number of carbonyl (C=O) groups is 3. The highest BCUT2D eigenvalue weighted by atomic mass is 16.7. The van der Waals surface area contributed by atoms with E-state index in [2.05, 4.69) is 0 Å². The average molecular weight is 260 g/mol. The lowest BCUT2D eigenvalue weighted by molar-refractivity contribution is -0.189. The second-order valence-electron chi connectivity index (χ2n) is 4.00. The fourth-order valence-corrected chi connectivity index (χ4v) is 1.99. The summed E-state index contributed by atoms with van der Waals surface area (Å²) in [5.41, 5.74) is 0. The summed E-state index contributed by atoms with van der Waals surface area (Å²) < 4.78 is 19.5. The van der Waals surface area contributed by atoms with Gasteiger partial charge in [0.25, 0.3) is 0 Å². The molecule has 8 nitrogen and oxygen atoms in total. The minimum absolute atomic E-state index is 0.643. The molecule has 0 aromatic carbocycles. The molecule has 1 N–H and O–H groups in total. The molecule has 100 valence electrons. The molecule has 2 rings (SSSR count). The molecule has 0 amide bonds. The summed E-state index contributed by atoms with van der Waals surface area (Å²) in [4.78, 5) is 33.2. The molecule has 5 atom stereocenters. The summed E-state index contributed by atoms with van der Waals surface area (Å²) in [5, 5.41) is 9.55. The normalized spacial score (nSPS) is 37.9. The molecule has 2 fully saturated rings. The minimum atomic E-state index is -1.42. The summed E-state index contributed by atoms with van der Waals surface area (Å²) in [6.07, 6.45) is -5.73. The lowest BCUT2D eigenvalue weighted by Gasteiger charge is -2.17. The van der Waals surface area contributed by atoms with Gasteiger partial charge in [-0.05, 0) is 0 Å². The van der Waals surface area contributed by atoms with Crippen molar-refractivity contribution in [3.63, 3.8) is 0 Å². The third-order valence-corrected chi connectivity index (χ3v) is 2.60. The molecule has 0 aromatic rings. The number of ether oxygens (including phenoxy) is 4. The van der Waals surface area contributed by atoms with E-state index in [0.29, 0.717) is 0 Å². The predicted octanol–water partition coefficient (Wildman–Crippen LogP) is -1.51. The van der Waals surface area contributed by atoms with Crippen molar-refractivity contribution in [2.75, 3.05) is 0 Å². The number of rotatable bonds is 2. The molecule has 2 aliphatic rings. The fraction of sp³-hybridized carbons (Fsp3) is 0.700. The molecular formula is C10H12O8. The second kappa shape index (κ2) is 4.54. The van der Waals surface area contributed by atoms with Gasteiger partial charge < -0.3 is 24.1 Å². The monoisotopic (exact) mass is 260 g/mol. The van der Waals surface area contributed by atoms with Crippen LogP contribution in [0.1, 0.15) is 13.8 Å². The molecule has 8 heteroatoms. The number of aliphatic hydroxyl groups is 1. The van der Waals surface area contributed by atoms with Crippen molar-refractivity contribution in [3.05, 3.63) is 0 Å². The molecule has 0 radical (unpaired) electrons. The van der Waals surface area contributed by atoms with Crippen molar-refractivity contribution >= 4 is 17.9 Å². The van der Waals surface area contributed by atoms with Crippen LogP contribution >= 0.6 is 0 Å². The fourth-order valence-electron chi connectivity index (χ4n) is 1.99. The Kier molecular flexibility index (Phi) is 3.22. The Morgan fingerprint density at radius 1 is 1.17 bits per heavy atom. The zero-order valence-corrected chi connectivity index (χ0v) is 9.69. The van der Waals surface area contributed by atoms with Gasteiger partial charge in [-0.25, -0.2) is 4.79 Å². The maximum Gasteiger partial charge on any atom is 0.350 e. The van der Waals surface area contributed by atoms with Crippen LogP contribution in [-0.2, 0) is 33.3 Å². The predicted molar refractivity (Wildman–Crippen MR) is 51.9 cm³/mol. The number of esters is 3. The van der Waals surface area contributed by atoms with Gasteiger partial charge in [-0.1, -0.05) is 0 Å². The van der Waals surface area contributed by atoms with E-state index < -0.39 is 48.6 Å². The largest absolute Gasteiger partial charge is 0.453 e. The first-order valence-electron chi connectivity index (χ1n) is 5.28. The van der Waals surface area contributed by atoms with E-state index in [4.69, 9.17) is 18.9 Å². The molecule has 1 unspecified atom stereocenters. The van der Waals surface area contributed by atoms with E-state index in [9.17, 15) is 19.5 Å². The molecule has 0 spiro atoms. The first-order chi connectivity index (χ1) is 8.40. The van der Waals surface area contributed by atoms with Crippen molar-refractivity contribution in [1.82, 2.24) is 0 Å². The molecule has 0 aromatic heterocycles. The van der Waals surface area contributed by atoms with Crippen LogP contribution in [0.3, 0.4) is 0 Å². The van der Waals surface area contributed by atoms with E-state index in [0.717, 1.165) is 13.8 Å². The Labute approximate surface area is 102 Å². The van der Waals surface area contributed by atoms with Gasteiger partial charge in [0.1, 0.15) is 6.10 Å². The van der Waals surface area contributed by atoms with Crippen LogP contribution < -0.4 is 0 Å². The molecule has 0 saturated carbocycles. The van der Waals surface area contributed by atoms with Gasteiger partial charge in [-0.2, -0.15) is 0 Å². The van der Waals surface area contributed by atoms with Crippen molar-refractivity contribution < 1.29 is 38.4 Å². The lowest BCUT2D eigenvalue weighted by Crippen LogP contribution is -2.36. The van der Waals surface area contributed by atoms with E-state index in [1.165, 1.54) is 0 Å². The van der Waals surface area contributed by atoms with Gasteiger partial charge in [-0.3, -0.25) is 9.59 Å². The Morgan fingerprint density at radius 3 is 2.33 bits per heavy atom. The highest BCUT2D eigenvalue weighted by Crippen LogP contribution is 2.34. The molecular weight excluding hydrogens is 248 g/mol. The third-order valence-electron chi connectivity index (χ3n) is 2.60. The second-order valence-corrected chi connectivity index (χ2v) is 4.00. The van der Waals surface area contributed by atoms with Gasteiger partial charge in [0.05, 0.1) is 0 Å². The van der Waals surface area contributed by atoms with Crippen molar-refractivity contribution in [3.8, 4) is 0 Å². The van der Waals surface area contributed by atoms with Crippen molar-refractivity contribution in [1.29, 1.82) is 0 Å². The quantitative estimate of drug-likeness (QED) is 0.471. The number of carbonyl (C=O) groups excluding carboxylic acids is 3. The highest BCUT2D eigenvalue weighted by molar-refractivity contribution is 5.81. The molecule has 2 saturated heterocycles.